The van der Waals surface area contributed by atoms with Gasteiger partial charge in [0.2, 0.25) is 0 Å². The van der Waals surface area contributed by atoms with Crippen LogP contribution in [0.3, 0.4) is 0 Å². The molecule has 5 heteroatoms. The fourth-order valence-electron chi connectivity index (χ4n) is 4.21. The van der Waals surface area contributed by atoms with Gasteiger partial charge in [0.05, 0.1) is 18.8 Å². The fourth-order valence-corrected chi connectivity index (χ4v) is 4.21. The topological polar surface area (TPSA) is 50.8 Å². The molecule has 22 heavy (non-hydrogen) atoms. The number of carbonyl (C=O) groups is 1. The summed E-state index contributed by atoms with van der Waals surface area (Å²) in [7, 11) is 0. The Bertz CT molecular complexity index is 465. The van der Waals surface area contributed by atoms with Gasteiger partial charge in [-0.2, -0.15) is 0 Å². The quantitative estimate of drug-likeness (QED) is 0.803. The minimum atomic E-state index is -0.0723. The minimum Gasteiger partial charge on any atom is -0.377 e. The molecule has 0 spiro atoms. The van der Waals surface area contributed by atoms with E-state index in [1.165, 1.54) is 0 Å². The van der Waals surface area contributed by atoms with Gasteiger partial charge in [-0.3, -0.25) is 0 Å². The number of hydrogen-bond donors (Lipinski definition) is 1. The Morgan fingerprint density at radius 3 is 2.86 bits per heavy atom. The van der Waals surface area contributed by atoms with Gasteiger partial charge >= 0.3 is 6.03 Å². The molecule has 0 aromatic heterocycles. The van der Waals surface area contributed by atoms with Crippen molar-refractivity contribution in [1.82, 2.24) is 10.2 Å². The van der Waals surface area contributed by atoms with Gasteiger partial charge in [0, 0.05) is 37.1 Å². The molecule has 1 aliphatic carbocycles. The lowest BCUT2D eigenvalue weighted by atomic mass is 9.57. The highest BCUT2D eigenvalue weighted by molar-refractivity contribution is 5.75. The molecular weight excluding hydrogens is 280 g/mol. The Morgan fingerprint density at radius 2 is 2.18 bits per heavy atom. The zero-order valence-corrected chi connectivity index (χ0v) is 13.5. The van der Waals surface area contributed by atoms with Crippen LogP contribution in [0.2, 0.25) is 0 Å². The number of ether oxygens (including phenoxy) is 2. The summed E-state index contributed by atoms with van der Waals surface area (Å²) in [6.45, 7) is 6.81. The van der Waals surface area contributed by atoms with E-state index in [1.54, 1.807) is 4.90 Å². The summed E-state index contributed by atoms with van der Waals surface area (Å²) in [4.78, 5) is 14.3. The Balaban J connectivity index is 1.60. The number of nitrogens with zero attached hydrogens (tertiary/aromatic N) is 1. The molecule has 4 atom stereocenters. The van der Waals surface area contributed by atoms with Gasteiger partial charge in [0.15, 0.2) is 0 Å². The van der Waals surface area contributed by atoms with Crippen LogP contribution in [0.5, 0.6) is 0 Å². The third kappa shape index (κ3) is 2.70. The number of terminal acetylenes is 1. The first kappa shape index (κ1) is 15.6. The van der Waals surface area contributed by atoms with Gasteiger partial charge in [0.25, 0.3) is 0 Å². The molecule has 3 fully saturated rings. The zero-order chi connectivity index (χ0) is 15.7. The third-order valence-electron chi connectivity index (χ3n) is 5.40. The zero-order valence-electron chi connectivity index (χ0n) is 13.5. The maximum Gasteiger partial charge on any atom is 0.318 e. The molecule has 0 aromatic rings. The van der Waals surface area contributed by atoms with E-state index in [1.807, 2.05) is 0 Å². The van der Waals surface area contributed by atoms with Crippen molar-refractivity contribution in [2.45, 2.75) is 51.4 Å². The van der Waals surface area contributed by atoms with E-state index in [0.717, 1.165) is 32.5 Å². The second kappa shape index (κ2) is 6.10. The Kier molecular flexibility index (Phi) is 4.33. The number of carbonyl (C=O) groups excluding carboxylic acids is 1. The van der Waals surface area contributed by atoms with E-state index in [-0.39, 0.29) is 29.7 Å². The van der Waals surface area contributed by atoms with Crippen molar-refractivity contribution in [3.05, 3.63) is 0 Å². The minimum absolute atomic E-state index is 0.0114. The summed E-state index contributed by atoms with van der Waals surface area (Å²) in [6, 6.07) is 0.0918. The van der Waals surface area contributed by atoms with Gasteiger partial charge in [-0.1, -0.05) is 19.8 Å². The van der Waals surface area contributed by atoms with Crippen LogP contribution in [0.15, 0.2) is 0 Å². The molecule has 3 aliphatic rings. The molecule has 0 bridgehead atoms. The Hall–Kier alpha value is -1.25. The van der Waals surface area contributed by atoms with Crippen molar-refractivity contribution in [3.8, 4) is 12.3 Å². The second-order valence-electron chi connectivity index (χ2n) is 7.21. The predicted molar refractivity (Wildman–Crippen MR) is 83.3 cm³/mol. The van der Waals surface area contributed by atoms with Gasteiger partial charge in [-0.25, -0.2) is 4.79 Å². The van der Waals surface area contributed by atoms with Crippen LogP contribution < -0.4 is 5.32 Å². The molecule has 0 aromatic carbocycles. The summed E-state index contributed by atoms with van der Waals surface area (Å²) in [5.41, 5.74) is -0.0114. The van der Waals surface area contributed by atoms with Crippen LogP contribution in [0, 0.1) is 23.7 Å². The van der Waals surface area contributed by atoms with E-state index in [0.29, 0.717) is 19.0 Å². The first-order chi connectivity index (χ1) is 10.5. The first-order valence-corrected chi connectivity index (χ1v) is 8.26. The summed E-state index contributed by atoms with van der Waals surface area (Å²) in [5.74, 6) is 3.02. The normalized spacial score (nSPS) is 35.3. The van der Waals surface area contributed by atoms with Crippen LogP contribution in [0.4, 0.5) is 4.79 Å². The van der Waals surface area contributed by atoms with E-state index in [2.05, 4.69) is 25.1 Å². The summed E-state index contributed by atoms with van der Waals surface area (Å²) < 4.78 is 11.4. The molecule has 1 saturated carbocycles. The molecule has 0 unspecified atom stereocenters. The van der Waals surface area contributed by atoms with Crippen LogP contribution >= 0.6 is 0 Å². The van der Waals surface area contributed by atoms with Crippen LogP contribution in [0.1, 0.15) is 33.1 Å². The van der Waals surface area contributed by atoms with Crippen molar-refractivity contribution in [1.29, 1.82) is 0 Å². The Morgan fingerprint density at radius 1 is 1.36 bits per heavy atom. The molecule has 1 N–H and O–H groups in total. The van der Waals surface area contributed by atoms with E-state index in [9.17, 15) is 4.79 Å². The smallest absolute Gasteiger partial charge is 0.318 e. The summed E-state index contributed by atoms with van der Waals surface area (Å²) in [5, 5.41) is 3.19. The first-order valence-electron chi connectivity index (χ1n) is 8.26. The molecule has 0 radical (unpaired) electrons. The lowest BCUT2D eigenvalue weighted by molar-refractivity contribution is -0.109. The summed E-state index contributed by atoms with van der Waals surface area (Å²) in [6.07, 6.45) is 8.91. The van der Waals surface area contributed by atoms with Crippen molar-refractivity contribution in [3.63, 3.8) is 0 Å². The Labute approximate surface area is 132 Å². The van der Waals surface area contributed by atoms with Crippen LogP contribution in [0.25, 0.3) is 0 Å². The number of amides is 2. The number of nitrogens with one attached hydrogen (secondary N) is 1. The highest BCUT2D eigenvalue weighted by Gasteiger charge is 2.60. The predicted octanol–water partition coefficient (Wildman–Crippen LogP) is 1.62. The van der Waals surface area contributed by atoms with Crippen molar-refractivity contribution >= 4 is 6.03 Å². The second-order valence-corrected chi connectivity index (χ2v) is 7.21. The van der Waals surface area contributed by atoms with E-state index < -0.39 is 0 Å². The molecule has 2 amide bonds. The fraction of sp³-hybridized carbons (Fsp3) is 0.824. The largest absolute Gasteiger partial charge is 0.377 e. The monoisotopic (exact) mass is 306 g/mol. The number of hydrogen-bond acceptors (Lipinski definition) is 3. The highest BCUT2D eigenvalue weighted by Crippen LogP contribution is 2.52. The average molecular weight is 306 g/mol. The molecular formula is C17H26N2O3. The lowest BCUT2D eigenvalue weighted by Gasteiger charge is -2.54. The third-order valence-corrected chi connectivity index (χ3v) is 5.40. The van der Waals surface area contributed by atoms with Crippen molar-refractivity contribution < 1.29 is 14.3 Å². The molecule has 122 valence electrons. The number of urea groups is 1. The molecule has 3 rings (SSSR count). The lowest BCUT2D eigenvalue weighted by Crippen LogP contribution is -2.68. The number of rotatable bonds is 4. The van der Waals surface area contributed by atoms with E-state index >= 15 is 0 Å². The van der Waals surface area contributed by atoms with E-state index in [4.69, 9.17) is 15.9 Å². The van der Waals surface area contributed by atoms with Crippen LogP contribution in [-0.2, 0) is 9.47 Å². The van der Waals surface area contributed by atoms with Gasteiger partial charge in [-0.05, 0) is 19.3 Å². The highest BCUT2D eigenvalue weighted by atomic mass is 16.5. The molecule has 2 heterocycles. The standard InChI is InChI=1S/C17H26N2O3/c1-4-8-19(11-12-6-5-9-21-12)16(20)18-14-13-7-10-22-15(13)17(14,2)3/h1,12-15H,5-11H2,2-3H3,(H,18,20)/t12-,13+,14+,15+/m0/s1. The molecule has 5 nitrogen and oxygen atoms in total. The molecule has 2 aliphatic heterocycles. The average Bonchev–Trinajstić information content (AvgIpc) is 3.14. The summed E-state index contributed by atoms with van der Waals surface area (Å²) >= 11 is 0. The van der Waals surface area contributed by atoms with Gasteiger partial charge in [-0.15, -0.1) is 6.42 Å². The van der Waals surface area contributed by atoms with Crippen molar-refractivity contribution in [2.24, 2.45) is 11.3 Å². The van der Waals surface area contributed by atoms with Gasteiger partial charge < -0.3 is 19.7 Å². The maximum absolute atomic E-state index is 12.6. The molecule has 2 saturated heterocycles. The van der Waals surface area contributed by atoms with Gasteiger partial charge in [0.1, 0.15) is 0 Å². The maximum atomic E-state index is 12.6. The SMILES string of the molecule is C#CCN(C[C@@H]1CCCO1)C(=O)N[C@@H]1[C@H]2CCO[C@H]2C1(C)C. The van der Waals surface area contributed by atoms with Crippen molar-refractivity contribution in [2.75, 3.05) is 26.3 Å². The number of fused-ring (bicyclic) bond motifs is 1. The van der Waals surface area contributed by atoms with Crippen LogP contribution in [-0.4, -0.2) is 55.5 Å².